The molecular weight excluding hydrogens is 240 g/mol. The number of phenolic OH excluding ortho intramolecular Hbond substituents is 1. The maximum absolute atomic E-state index is 12.4. The van der Waals surface area contributed by atoms with Crippen molar-refractivity contribution in [2.24, 2.45) is 0 Å². The van der Waals surface area contributed by atoms with Crippen LogP contribution in [0.5, 0.6) is 5.75 Å². The summed E-state index contributed by atoms with van der Waals surface area (Å²) in [6, 6.07) is 5.09. The normalized spacial score (nSPS) is 10.8. The fourth-order valence-electron chi connectivity index (χ4n) is 2.01. The van der Waals surface area contributed by atoms with Crippen LogP contribution in [0.2, 0.25) is 0 Å². The molecule has 1 N–H and O–H groups in total. The van der Waals surface area contributed by atoms with E-state index in [0.29, 0.717) is 17.7 Å². The summed E-state index contributed by atoms with van der Waals surface area (Å²) in [6.45, 7) is 6.13. The van der Waals surface area contributed by atoms with Crippen molar-refractivity contribution in [3.8, 4) is 5.75 Å². The Morgan fingerprint density at radius 3 is 2.53 bits per heavy atom. The molecule has 0 spiro atoms. The molecule has 0 aliphatic rings. The maximum atomic E-state index is 12.4. The van der Waals surface area contributed by atoms with Crippen LogP contribution in [-0.4, -0.2) is 54.5 Å². The van der Waals surface area contributed by atoms with Gasteiger partial charge in [-0.1, -0.05) is 6.07 Å². The average molecular weight is 264 g/mol. The molecule has 0 fully saturated rings. The van der Waals surface area contributed by atoms with E-state index in [9.17, 15) is 9.90 Å². The first-order valence-electron chi connectivity index (χ1n) is 6.70. The smallest absolute Gasteiger partial charge is 0.254 e. The van der Waals surface area contributed by atoms with Gasteiger partial charge in [-0.3, -0.25) is 4.79 Å². The van der Waals surface area contributed by atoms with Crippen molar-refractivity contribution in [1.29, 1.82) is 0 Å². The number of aromatic hydroxyl groups is 1. The molecular formula is C15H24N2O2. The molecule has 1 amide bonds. The van der Waals surface area contributed by atoms with Gasteiger partial charge in [0.05, 0.1) is 0 Å². The summed E-state index contributed by atoms with van der Waals surface area (Å²) in [5.74, 6) is 0.171. The third-order valence-corrected chi connectivity index (χ3v) is 3.24. The second kappa shape index (κ2) is 7.14. The molecule has 1 aromatic carbocycles. The summed E-state index contributed by atoms with van der Waals surface area (Å²) in [4.78, 5) is 16.4. The van der Waals surface area contributed by atoms with Crippen LogP contribution in [0.4, 0.5) is 0 Å². The lowest BCUT2D eigenvalue weighted by Gasteiger charge is -2.23. The van der Waals surface area contributed by atoms with E-state index in [2.05, 4.69) is 4.90 Å². The summed E-state index contributed by atoms with van der Waals surface area (Å²) >= 11 is 0. The van der Waals surface area contributed by atoms with Crippen LogP contribution in [0, 0.1) is 6.92 Å². The van der Waals surface area contributed by atoms with Gasteiger partial charge in [0.1, 0.15) is 5.75 Å². The number of carbonyl (C=O) groups excluding carboxylic acids is 1. The van der Waals surface area contributed by atoms with Gasteiger partial charge in [-0.2, -0.15) is 0 Å². The Balaban J connectivity index is 2.75. The molecule has 0 atom stereocenters. The highest BCUT2D eigenvalue weighted by Crippen LogP contribution is 2.20. The minimum Gasteiger partial charge on any atom is -0.508 e. The van der Waals surface area contributed by atoms with Gasteiger partial charge in [-0.15, -0.1) is 0 Å². The van der Waals surface area contributed by atoms with E-state index in [-0.39, 0.29) is 11.7 Å². The number of hydrogen-bond donors (Lipinski definition) is 1. The van der Waals surface area contributed by atoms with E-state index in [1.807, 2.05) is 25.9 Å². The predicted molar refractivity (Wildman–Crippen MR) is 77.6 cm³/mol. The van der Waals surface area contributed by atoms with Crippen LogP contribution in [0.25, 0.3) is 0 Å². The Labute approximate surface area is 115 Å². The van der Waals surface area contributed by atoms with Crippen molar-refractivity contribution >= 4 is 5.91 Å². The fourth-order valence-corrected chi connectivity index (χ4v) is 2.01. The van der Waals surface area contributed by atoms with Crippen molar-refractivity contribution in [2.75, 3.05) is 33.7 Å². The summed E-state index contributed by atoms with van der Waals surface area (Å²) in [5, 5.41) is 9.67. The molecule has 0 heterocycles. The molecule has 106 valence electrons. The Morgan fingerprint density at radius 1 is 1.26 bits per heavy atom. The number of nitrogens with zero attached hydrogens (tertiary/aromatic N) is 2. The minimum absolute atomic E-state index is 0.00495. The maximum Gasteiger partial charge on any atom is 0.254 e. The molecule has 0 aliphatic carbocycles. The van der Waals surface area contributed by atoms with Gasteiger partial charge in [0.15, 0.2) is 0 Å². The quantitative estimate of drug-likeness (QED) is 0.856. The monoisotopic (exact) mass is 264 g/mol. The number of phenols is 1. The van der Waals surface area contributed by atoms with Gasteiger partial charge in [-0.05, 0) is 53.0 Å². The highest BCUT2D eigenvalue weighted by Gasteiger charge is 2.17. The number of benzene rings is 1. The van der Waals surface area contributed by atoms with Crippen LogP contribution >= 0.6 is 0 Å². The van der Waals surface area contributed by atoms with E-state index >= 15 is 0 Å². The van der Waals surface area contributed by atoms with Crippen LogP contribution in [0.15, 0.2) is 18.2 Å². The Kier molecular flexibility index (Phi) is 5.83. The summed E-state index contributed by atoms with van der Waals surface area (Å²) in [7, 11) is 4.05. The van der Waals surface area contributed by atoms with Gasteiger partial charge in [0.25, 0.3) is 5.91 Å². The van der Waals surface area contributed by atoms with Gasteiger partial charge >= 0.3 is 0 Å². The van der Waals surface area contributed by atoms with Crippen LogP contribution in [0.3, 0.4) is 0 Å². The van der Waals surface area contributed by atoms with Crippen LogP contribution in [0.1, 0.15) is 29.3 Å². The van der Waals surface area contributed by atoms with Crippen molar-refractivity contribution in [3.05, 3.63) is 29.3 Å². The second-order valence-electron chi connectivity index (χ2n) is 4.99. The molecule has 1 rings (SSSR count). The van der Waals surface area contributed by atoms with Crippen molar-refractivity contribution in [1.82, 2.24) is 9.80 Å². The van der Waals surface area contributed by atoms with Crippen LogP contribution in [-0.2, 0) is 0 Å². The predicted octanol–water partition coefficient (Wildman–Crippen LogP) is 2.11. The van der Waals surface area contributed by atoms with Crippen molar-refractivity contribution < 1.29 is 9.90 Å². The first-order chi connectivity index (χ1) is 8.97. The van der Waals surface area contributed by atoms with E-state index in [4.69, 9.17) is 0 Å². The van der Waals surface area contributed by atoms with Gasteiger partial charge in [0, 0.05) is 24.2 Å². The molecule has 4 nitrogen and oxygen atoms in total. The third kappa shape index (κ3) is 4.24. The Hall–Kier alpha value is -1.55. The summed E-state index contributed by atoms with van der Waals surface area (Å²) in [6.07, 6.45) is 0.949. The second-order valence-corrected chi connectivity index (χ2v) is 4.99. The summed E-state index contributed by atoms with van der Waals surface area (Å²) in [5.41, 5.74) is 1.24. The zero-order valence-corrected chi connectivity index (χ0v) is 12.3. The van der Waals surface area contributed by atoms with Gasteiger partial charge < -0.3 is 14.9 Å². The lowest BCUT2D eigenvalue weighted by molar-refractivity contribution is 0.0758. The van der Waals surface area contributed by atoms with Crippen LogP contribution < -0.4 is 0 Å². The molecule has 0 saturated carbocycles. The van der Waals surface area contributed by atoms with E-state index in [1.165, 1.54) is 0 Å². The lowest BCUT2D eigenvalue weighted by atomic mass is 10.1. The molecule has 19 heavy (non-hydrogen) atoms. The highest BCUT2D eigenvalue weighted by atomic mass is 16.3. The first kappa shape index (κ1) is 15.5. The van der Waals surface area contributed by atoms with Gasteiger partial charge in [0.2, 0.25) is 0 Å². The first-order valence-corrected chi connectivity index (χ1v) is 6.70. The molecule has 0 saturated heterocycles. The lowest BCUT2D eigenvalue weighted by Crippen LogP contribution is -2.33. The van der Waals surface area contributed by atoms with E-state index < -0.39 is 0 Å². The molecule has 0 bridgehead atoms. The molecule has 0 aliphatic heterocycles. The van der Waals surface area contributed by atoms with Crippen molar-refractivity contribution in [2.45, 2.75) is 20.3 Å². The van der Waals surface area contributed by atoms with E-state index in [0.717, 1.165) is 19.5 Å². The van der Waals surface area contributed by atoms with E-state index in [1.54, 1.807) is 25.1 Å². The zero-order valence-electron chi connectivity index (χ0n) is 12.3. The average Bonchev–Trinajstić information content (AvgIpc) is 2.37. The summed E-state index contributed by atoms with van der Waals surface area (Å²) < 4.78 is 0. The molecule has 0 unspecified atom stereocenters. The molecule has 0 aromatic heterocycles. The number of carbonyl (C=O) groups is 1. The third-order valence-electron chi connectivity index (χ3n) is 3.24. The van der Waals surface area contributed by atoms with Gasteiger partial charge in [-0.25, -0.2) is 0 Å². The Bertz CT molecular complexity index is 430. The molecule has 1 aromatic rings. The molecule has 4 heteroatoms. The fraction of sp³-hybridized carbons (Fsp3) is 0.533. The number of rotatable bonds is 6. The minimum atomic E-state index is -0.00495. The largest absolute Gasteiger partial charge is 0.508 e. The SMILES string of the molecule is CCN(CCCN(C)C)C(=O)c1cccc(O)c1C. The topological polar surface area (TPSA) is 43.8 Å². The zero-order chi connectivity index (χ0) is 14.4. The standard InChI is InChI=1S/C15H24N2O2/c1-5-17(11-7-10-16(3)4)15(19)13-8-6-9-14(18)12(13)2/h6,8-9,18H,5,7,10-11H2,1-4H3. The van der Waals surface area contributed by atoms with Crippen molar-refractivity contribution in [3.63, 3.8) is 0 Å². The number of amides is 1. The number of hydrogen-bond acceptors (Lipinski definition) is 3. The molecule has 0 radical (unpaired) electrons. The Morgan fingerprint density at radius 2 is 1.95 bits per heavy atom. The highest BCUT2D eigenvalue weighted by molar-refractivity contribution is 5.96.